The zero-order valence-electron chi connectivity index (χ0n) is 10.6. The fourth-order valence-electron chi connectivity index (χ4n) is 3.78. The van der Waals surface area contributed by atoms with Crippen molar-refractivity contribution in [2.24, 2.45) is 11.8 Å². The van der Waals surface area contributed by atoms with Crippen LogP contribution < -0.4 is 0 Å². The monoisotopic (exact) mass is 250 g/mol. The first kappa shape index (κ1) is 11.8. The highest BCUT2D eigenvalue weighted by molar-refractivity contribution is 5.87. The molecule has 4 aliphatic rings. The smallest absolute Gasteiger partial charge is 0.333 e. The molecule has 0 spiro atoms. The lowest BCUT2D eigenvalue weighted by atomic mass is 9.65. The summed E-state index contributed by atoms with van der Waals surface area (Å²) in [6.45, 7) is 5.27. The van der Waals surface area contributed by atoms with E-state index in [9.17, 15) is 9.59 Å². The summed E-state index contributed by atoms with van der Waals surface area (Å²) in [6.07, 6.45) is 3.90. The third-order valence-corrected chi connectivity index (χ3v) is 4.37. The van der Waals surface area contributed by atoms with Gasteiger partial charge in [0.05, 0.1) is 5.92 Å². The topological polar surface area (TPSA) is 52.6 Å². The van der Waals surface area contributed by atoms with Crippen LogP contribution in [-0.2, 0) is 19.1 Å². The van der Waals surface area contributed by atoms with Crippen LogP contribution in [0.4, 0.5) is 0 Å². The average Bonchev–Trinajstić information content (AvgIpc) is 2.41. The largest absolute Gasteiger partial charge is 0.462 e. The van der Waals surface area contributed by atoms with Crippen molar-refractivity contribution in [2.45, 2.75) is 50.7 Å². The molecule has 4 nitrogen and oxygen atoms in total. The van der Waals surface area contributed by atoms with Gasteiger partial charge in [0.15, 0.2) is 0 Å². The van der Waals surface area contributed by atoms with Crippen LogP contribution in [0.1, 0.15) is 39.0 Å². The van der Waals surface area contributed by atoms with E-state index in [1.54, 1.807) is 6.92 Å². The summed E-state index contributed by atoms with van der Waals surface area (Å²) in [5, 5.41) is 0. The Morgan fingerprint density at radius 2 is 2.17 bits per heavy atom. The van der Waals surface area contributed by atoms with Crippen molar-refractivity contribution in [1.82, 2.24) is 0 Å². The molecule has 0 N–H and O–H groups in total. The fraction of sp³-hybridized carbons (Fsp3) is 0.714. The van der Waals surface area contributed by atoms with Gasteiger partial charge in [0, 0.05) is 18.4 Å². The first-order valence-electron chi connectivity index (χ1n) is 6.57. The quantitative estimate of drug-likeness (QED) is 0.555. The van der Waals surface area contributed by atoms with E-state index < -0.39 is 5.60 Å². The molecule has 18 heavy (non-hydrogen) atoms. The molecule has 98 valence electrons. The van der Waals surface area contributed by atoms with Gasteiger partial charge in [-0.1, -0.05) is 6.58 Å². The molecule has 0 aromatic carbocycles. The van der Waals surface area contributed by atoms with Crippen LogP contribution >= 0.6 is 0 Å². The third kappa shape index (κ3) is 1.84. The summed E-state index contributed by atoms with van der Waals surface area (Å²) in [5.41, 5.74) is -0.0738. The minimum absolute atomic E-state index is 0.0679. The van der Waals surface area contributed by atoms with E-state index in [2.05, 4.69) is 6.58 Å². The Hall–Kier alpha value is -1.32. The Morgan fingerprint density at radius 3 is 2.89 bits per heavy atom. The van der Waals surface area contributed by atoms with Crippen molar-refractivity contribution in [1.29, 1.82) is 0 Å². The van der Waals surface area contributed by atoms with Crippen molar-refractivity contribution in [3.8, 4) is 0 Å². The van der Waals surface area contributed by atoms with Crippen molar-refractivity contribution in [3.05, 3.63) is 12.2 Å². The van der Waals surface area contributed by atoms with Crippen LogP contribution in [0.3, 0.4) is 0 Å². The molecule has 4 atom stereocenters. The standard InChI is InChI=1S/C14H18O4/c1-8(2)12(15)18-14-5-9-3-10(6-14)13(16)17-11(4-9)7-14/h9-11H,1,3-7H2,2H3/t9-,10?,11+,14-/m0/s1. The lowest BCUT2D eigenvalue weighted by molar-refractivity contribution is -0.169. The normalized spacial score (nSPS) is 41.2. The van der Waals surface area contributed by atoms with E-state index in [1.807, 2.05) is 0 Å². The van der Waals surface area contributed by atoms with Gasteiger partial charge in [0.25, 0.3) is 0 Å². The van der Waals surface area contributed by atoms with E-state index >= 15 is 0 Å². The number of esters is 2. The summed E-state index contributed by atoms with van der Waals surface area (Å²) < 4.78 is 11.1. The molecule has 0 radical (unpaired) electrons. The first-order chi connectivity index (χ1) is 8.47. The van der Waals surface area contributed by atoms with Crippen molar-refractivity contribution in [2.75, 3.05) is 0 Å². The lowest BCUT2D eigenvalue weighted by Gasteiger charge is -2.45. The Labute approximate surface area is 106 Å². The Kier molecular flexibility index (Phi) is 2.50. The predicted molar refractivity (Wildman–Crippen MR) is 63.6 cm³/mol. The van der Waals surface area contributed by atoms with Crippen LogP contribution in [0.5, 0.6) is 0 Å². The zero-order valence-corrected chi connectivity index (χ0v) is 10.6. The van der Waals surface area contributed by atoms with Gasteiger partial charge in [-0.05, 0) is 32.1 Å². The Bertz CT molecular complexity index is 428. The molecule has 0 amide bonds. The number of fused-ring (bicyclic) bond motifs is 1. The number of carbonyl (C=O) groups is 2. The molecule has 2 aliphatic heterocycles. The summed E-state index contributed by atoms with van der Waals surface area (Å²) in [7, 11) is 0. The van der Waals surface area contributed by atoms with Crippen LogP contribution in [0.25, 0.3) is 0 Å². The molecule has 4 rings (SSSR count). The molecule has 1 unspecified atom stereocenters. The van der Waals surface area contributed by atoms with Crippen LogP contribution in [0.15, 0.2) is 12.2 Å². The van der Waals surface area contributed by atoms with Gasteiger partial charge in [-0.25, -0.2) is 4.79 Å². The molecule has 0 aromatic heterocycles. The number of hydrogen-bond acceptors (Lipinski definition) is 4. The van der Waals surface area contributed by atoms with Crippen molar-refractivity contribution < 1.29 is 19.1 Å². The molecule has 0 aromatic rings. The molecular formula is C14H18O4. The second-order valence-electron chi connectivity index (χ2n) is 6.06. The molecule has 2 aliphatic carbocycles. The molecule has 4 bridgehead atoms. The SMILES string of the molecule is C=C(C)C(=O)O[C@@]12CC3C[C@@H](C[C@H](C1)OC3=O)C2. The highest BCUT2D eigenvalue weighted by Gasteiger charge is 2.54. The molecule has 2 heterocycles. The minimum Gasteiger partial charge on any atom is -0.462 e. The minimum atomic E-state index is -0.487. The van der Waals surface area contributed by atoms with Crippen molar-refractivity contribution in [3.63, 3.8) is 0 Å². The first-order valence-corrected chi connectivity index (χ1v) is 6.57. The molecular weight excluding hydrogens is 232 g/mol. The third-order valence-electron chi connectivity index (χ3n) is 4.37. The number of hydrogen-bond donors (Lipinski definition) is 0. The van der Waals surface area contributed by atoms with Gasteiger partial charge in [0.2, 0.25) is 0 Å². The fourth-order valence-corrected chi connectivity index (χ4v) is 3.78. The Morgan fingerprint density at radius 1 is 1.39 bits per heavy atom. The lowest BCUT2D eigenvalue weighted by Crippen LogP contribution is -2.48. The Balaban J connectivity index is 1.86. The summed E-state index contributed by atoms with van der Waals surface area (Å²) in [6, 6.07) is 0. The maximum atomic E-state index is 11.8. The van der Waals surface area contributed by atoms with Crippen LogP contribution in [0, 0.1) is 11.8 Å². The number of carbonyl (C=O) groups excluding carboxylic acids is 2. The maximum Gasteiger partial charge on any atom is 0.333 e. The molecule has 2 saturated heterocycles. The van der Waals surface area contributed by atoms with Gasteiger partial charge in [-0.3, -0.25) is 4.79 Å². The highest BCUT2D eigenvalue weighted by atomic mass is 16.6. The highest BCUT2D eigenvalue weighted by Crippen LogP contribution is 2.51. The summed E-state index contributed by atoms with van der Waals surface area (Å²) in [5.74, 6) is -0.0825. The van der Waals surface area contributed by atoms with Crippen molar-refractivity contribution >= 4 is 11.9 Å². The van der Waals surface area contributed by atoms with E-state index in [0.29, 0.717) is 24.3 Å². The average molecular weight is 250 g/mol. The molecule has 4 fully saturated rings. The summed E-state index contributed by atoms with van der Waals surface area (Å²) >= 11 is 0. The van der Waals surface area contributed by atoms with E-state index in [-0.39, 0.29) is 24.0 Å². The molecule has 2 saturated carbocycles. The number of ether oxygens (including phenoxy) is 2. The van der Waals surface area contributed by atoms with Gasteiger partial charge >= 0.3 is 11.9 Å². The summed E-state index contributed by atoms with van der Waals surface area (Å²) in [4.78, 5) is 23.6. The van der Waals surface area contributed by atoms with Gasteiger partial charge < -0.3 is 9.47 Å². The number of rotatable bonds is 2. The van der Waals surface area contributed by atoms with Gasteiger partial charge in [-0.15, -0.1) is 0 Å². The van der Waals surface area contributed by atoms with E-state index in [4.69, 9.17) is 9.47 Å². The zero-order chi connectivity index (χ0) is 12.9. The van der Waals surface area contributed by atoms with Crippen LogP contribution in [0.2, 0.25) is 0 Å². The second-order valence-corrected chi connectivity index (χ2v) is 6.06. The van der Waals surface area contributed by atoms with Crippen LogP contribution in [-0.4, -0.2) is 23.6 Å². The predicted octanol–water partition coefficient (Wildman–Crippen LogP) is 1.98. The van der Waals surface area contributed by atoms with E-state index in [0.717, 1.165) is 19.3 Å². The van der Waals surface area contributed by atoms with Gasteiger partial charge in [-0.2, -0.15) is 0 Å². The van der Waals surface area contributed by atoms with E-state index in [1.165, 1.54) is 0 Å². The molecule has 4 heteroatoms. The van der Waals surface area contributed by atoms with Gasteiger partial charge in [0.1, 0.15) is 11.7 Å². The maximum absolute atomic E-state index is 11.8. The second kappa shape index (κ2) is 3.84.